The second kappa shape index (κ2) is 7.67. The van der Waals surface area contributed by atoms with E-state index < -0.39 is 0 Å². The van der Waals surface area contributed by atoms with Gasteiger partial charge in [0.25, 0.3) is 5.91 Å². The summed E-state index contributed by atoms with van der Waals surface area (Å²) in [5.41, 5.74) is 3.08. The number of fused-ring (bicyclic) bond motifs is 1. The van der Waals surface area contributed by atoms with Crippen molar-refractivity contribution in [2.45, 2.75) is 20.0 Å². The molecule has 0 aliphatic carbocycles. The molecule has 29 heavy (non-hydrogen) atoms. The fourth-order valence-corrected chi connectivity index (χ4v) is 2.92. The lowest BCUT2D eigenvalue weighted by atomic mass is 10.1. The van der Waals surface area contributed by atoms with Crippen molar-refractivity contribution >= 4 is 22.6 Å². The first-order chi connectivity index (χ1) is 14.0. The number of aryl methyl sites for hydroxylation is 1. The van der Waals surface area contributed by atoms with Crippen LogP contribution >= 0.6 is 0 Å². The minimum Gasteiger partial charge on any atom is -0.475 e. The molecular formula is C21H20N6O2. The van der Waals surface area contributed by atoms with Crippen molar-refractivity contribution in [1.29, 1.82) is 0 Å². The van der Waals surface area contributed by atoms with E-state index in [-0.39, 0.29) is 12.0 Å². The molecule has 1 N–H and O–H groups in total. The molecule has 0 aromatic carbocycles. The van der Waals surface area contributed by atoms with Gasteiger partial charge in [0.2, 0.25) is 5.88 Å². The number of carbonyl (C=O) groups excluding carboxylic acids is 1. The van der Waals surface area contributed by atoms with Crippen molar-refractivity contribution < 1.29 is 9.53 Å². The molecule has 146 valence electrons. The van der Waals surface area contributed by atoms with E-state index in [0.717, 1.165) is 22.2 Å². The first-order valence-corrected chi connectivity index (χ1v) is 9.16. The molecule has 8 nitrogen and oxygen atoms in total. The van der Waals surface area contributed by atoms with Crippen LogP contribution in [0.15, 0.2) is 55.4 Å². The van der Waals surface area contributed by atoms with Crippen molar-refractivity contribution in [3.63, 3.8) is 0 Å². The fraction of sp³-hybridized carbons (Fsp3) is 0.190. The van der Waals surface area contributed by atoms with Gasteiger partial charge in [0.05, 0.1) is 36.0 Å². The highest BCUT2D eigenvalue weighted by molar-refractivity contribution is 6.04. The molecule has 4 rings (SSSR count). The lowest BCUT2D eigenvalue weighted by molar-refractivity contribution is 0.102. The van der Waals surface area contributed by atoms with E-state index in [1.807, 2.05) is 31.5 Å². The van der Waals surface area contributed by atoms with Crippen LogP contribution in [0.4, 0.5) is 5.82 Å². The number of carbonyl (C=O) groups is 1. The van der Waals surface area contributed by atoms with Crippen molar-refractivity contribution in [2.24, 2.45) is 7.05 Å². The van der Waals surface area contributed by atoms with Crippen LogP contribution < -0.4 is 10.1 Å². The Morgan fingerprint density at radius 1 is 1.10 bits per heavy atom. The van der Waals surface area contributed by atoms with Crippen LogP contribution in [0.5, 0.6) is 5.88 Å². The van der Waals surface area contributed by atoms with Crippen LogP contribution in [0, 0.1) is 0 Å². The van der Waals surface area contributed by atoms with E-state index in [1.54, 1.807) is 49.3 Å². The lowest BCUT2D eigenvalue weighted by Gasteiger charge is -2.10. The van der Waals surface area contributed by atoms with Crippen molar-refractivity contribution in [3.05, 3.63) is 60.9 Å². The van der Waals surface area contributed by atoms with Crippen molar-refractivity contribution in [3.8, 4) is 17.1 Å². The average Bonchev–Trinajstić information content (AvgIpc) is 3.13. The predicted molar refractivity (Wildman–Crippen MR) is 110 cm³/mol. The molecule has 4 aromatic heterocycles. The second-order valence-corrected chi connectivity index (χ2v) is 6.88. The standard InChI is InChI=1S/C21H20N6O2/c1-13(2)29-20-8-14(4-5-23-20)21(28)26-19-7-15-6-16(9-24-17(15)10-25-19)18-11-22-12-27(18)3/h4-13H,1-3H3,(H,25,26,28). The Morgan fingerprint density at radius 3 is 2.72 bits per heavy atom. The first-order valence-electron chi connectivity index (χ1n) is 9.16. The van der Waals surface area contributed by atoms with Gasteiger partial charge in [-0.05, 0) is 32.0 Å². The minimum absolute atomic E-state index is 0.0240. The van der Waals surface area contributed by atoms with E-state index in [4.69, 9.17) is 4.74 Å². The van der Waals surface area contributed by atoms with Gasteiger partial charge in [-0.15, -0.1) is 0 Å². The highest BCUT2D eigenvalue weighted by atomic mass is 16.5. The van der Waals surface area contributed by atoms with Crippen LogP contribution in [0.1, 0.15) is 24.2 Å². The zero-order valence-corrected chi connectivity index (χ0v) is 16.3. The molecule has 0 spiro atoms. The van der Waals surface area contributed by atoms with Crippen molar-refractivity contribution in [2.75, 3.05) is 5.32 Å². The summed E-state index contributed by atoms with van der Waals surface area (Å²) in [6.07, 6.45) is 8.47. The lowest BCUT2D eigenvalue weighted by Crippen LogP contribution is -2.14. The highest BCUT2D eigenvalue weighted by Gasteiger charge is 2.11. The summed E-state index contributed by atoms with van der Waals surface area (Å²) in [4.78, 5) is 29.6. The van der Waals surface area contributed by atoms with Crippen LogP contribution in [-0.2, 0) is 7.05 Å². The van der Waals surface area contributed by atoms with Gasteiger partial charge in [0, 0.05) is 42.0 Å². The third kappa shape index (κ3) is 4.06. The van der Waals surface area contributed by atoms with Gasteiger partial charge in [-0.3, -0.25) is 9.78 Å². The topological polar surface area (TPSA) is 94.8 Å². The summed E-state index contributed by atoms with van der Waals surface area (Å²) in [6, 6.07) is 7.04. The number of rotatable bonds is 5. The summed E-state index contributed by atoms with van der Waals surface area (Å²) < 4.78 is 7.47. The SMILES string of the molecule is CC(C)Oc1cc(C(=O)Nc2cc3cc(-c4cncn4C)cnc3cn2)ccn1. The molecule has 4 heterocycles. The number of ether oxygens (including phenoxy) is 1. The molecule has 0 saturated heterocycles. The molecule has 0 aliphatic rings. The van der Waals surface area contributed by atoms with Gasteiger partial charge in [0.15, 0.2) is 0 Å². The van der Waals surface area contributed by atoms with Crippen LogP contribution in [-0.4, -0.2) is 36.5 Å². The monoisotopic (exact) mass is 388 g/mol. The predicted octanol–water partition coefficient (Wildman–Crippen LogP) is 3.46. The van der Waals surface area contributed by atoms with Crippen LogP contribution in [0.2, 0.25) is 0 Å². The van der Waals surface area contributed by atoms with E-state index >= 15 is 0 Å². The zero-order valence-electron chi connectivity index (χ0n) is 16.3. The zero-order chi connectivity index (χ0) is 20.4. The number of amides is 1. The van der Waals surface area contributed by atoms with Gasteiger partial charge in [-0.2, -0.15) is 0 Å². The Morgan fingerprint density at radius 2 is 1.97 bits per heavy atom. The molecule has 4 aromatic rings. The van der Waals surface area contributed by atoms with E-state index in [1.165, 1.54) is 0 Å². The quantitative estimate of drug-likeness (QED) is 0.563. The summed E-state index contributed by atoms with van der Waals surface area (Å²) >= 11 is 0. The third-order valence-electron chi connectivity index (χ3n) is 4.28. The van der Waals surface area contributed by atoms with Crippen LogP contribution in [0.3, 0.4) is 0 Å². The van der Waals surface area contributed by atoms with Crippen LogP contribution in [0.25, 0.3) is 22.2 Å². The number of hydrogen-bond donors (Lipinski definition) is 1. The molecular weight excluding hydrogens is 368 g/mol. The normalized spacial score (nSPS) is 11.0. The maximum Gasteiger partial charge on any atom is 0.257 e. The number of nitrogens with one attached hydrogen (secondary N) is 1. The Balaban J connectivity index is 1.59. The number of imidazole rings is 1. The maximum atomic E-state index is 12.6. The maximum absolute atomic E-state index is 12.6. The minimum atomic E-state index is -0.288. The molecule has 0 atom stereocenters. The molecule has 0 radical (unpaired) electrons. The van der Waals surface area contributed by atoms with E-state index in [2.05, 4.69) is 25.3 Å². The largest absolute Gasteiger partial charge is 0.475 e. The molecule has 0 unspecified atom stereocenters. The number of anilines is 1. The summed E-state index contributed by atoms with van der Waals surface area (Å²) in [5.74, 6) is 0.558. The number of pyridine rings is 3. The van der Waals surface area contributed by atoms with Gasteiger partial charge >= 0.3 is 0 Å². The molecule has 0 fully saturated rings. The smallest absolute Gasteiger partial charge is 0.257 e. The molecule has 8 heteroatoms. The molecule has 0 bridgehead atoms. The van der Waals surface area contributed by atoms with E-state index in [0.29, 0.717) is 17.3 Å². The summed E-state index contributed by atoms with van der Waals surface area (Å²) in [6.45, 7) is 3.81. The second-order valence-electron chi connectivity index (χ2n) is 6.88. The number of aromatic nitrogens is 5. The Labute approximate surface area is 167 Å². The average molecular weight is 388 g/mol. The van der Waals surface area contributed by atoms with Crippen molar-refractivity contribution in [1.82, 2.24) is 24.5 Å². The highest BCUT2D eigenvalue weighted by Crippen LogP contribution is 2.23. The Bertz CT molecular complexity index is 1180. The first kappa shape index (κ1) is 18.5. The van der Waals surface area contributed by atoms with Gasteiger partial charge in [-0.25, -0.2) is 15.0 Å². The van der Waals surface area contributed by atoms with Gasteiger partial charge in [-0.1, -0.05) is 0 Å². The molecule has 0 saturated carbocycles. The van der Waals surface area contributed by atoms with Gasteiger partial charge in [0.1, 0.15) is 5.82 Å². The molecule has 0 aliphatic heterocycles. The Kier molecular flexibility index (Phi) is 4.90. The summed E-state index contributed by atoms with van der Waals surface area (Å²) in [5, 5.41) is 3.69. The van der Waals surface area contributed by atoms with E-state index in [9.17, 15) is 4.79 Å². The fourth-order valence-electron chi connectivity index (χ4n) is 2.92. The number of nitrogens with zero attached hydrogens (tertiary/aromatic N) is 5. The molecule has 1 amide bonds. The number of hydrogen-bond acceptors (Lipinski definition) is 6. The Hall–Kier alpha value is -3.81. The summed E-state index contributed by atoms with van der Waals surface area (Å²) in [7, 11) is 1.93. The third-order valence-corrected chi connectivity index (χ3v) is 4.28. The van der Waals surface area contributed by atoms with Gasteiger partial charge < -0.3 is 14.6 Å².